The van der Waals surface area contributed by atoms with E-state index in [9.17, 15) is 9.59 Å². The van der Waals surface area contributed by atoms with Gasteiger partial charge in [0.25, 0.3) is 0 Å². The first-order valence-electron chi connectivity index (χ1n) is 6.04. The van der Waals surface area contributed by atoms with E-state index in [1.54, 1.807) is 18.2 Å². The van der Waals surface area contributed by atoms with E-state index in [0.717, 1.165) is 0 Å². The van der Waals surface area contributed by atoms with Crippen molar-refractivity contribution in [2.45, 2.75) is 12.5 Å². The Hall–Kier alpha value is -1.82. The number of H-pyrrole nitrogens is 1. The lowest BCUT2D eigenvalue weighted by atomic mass is 10.0. The second-order valence-corrected chi connectivity index (χ2v) is 5.31. The lowest BCUT2D eigenvalue weighted by Gasteiger charge is -2.12. The van der Waals surface area contributed by atoms with Crippen LogP contribution in [0.5, 0.6) is 0 Å². The standard InChI is InChI=1S/C14H12Cl2N2O3/c15-10-4-7(5-11(17)14(20)21)3-9(13(10)16)8-1-2-12(19)18-6-8/h1-4,6,11H,5,17H2,(H,18,19)(H,20,21). The Morgan fingerprint density at radius 2 is 2.05 bits per heavy atom. The van der Waals surface area contributed by atoms with Crippen LogP contribution in [-0.4, -0.2) is 22.1 Å². The van der Waals surface area contributed by atoms with Crippen LogP contribution in [0.25, 0.3) is 11.1 Å². The number of nitrogens with one attached hydrogen (secondary N) is 1. The quantitative estimate of drug-likeness (QED) is 0.803. The predicted molar refractivity (Wildman–Crippen MR) is 81.8 cm³/mol. The molecule has 0 aliphatic rings. The van der Waals surface area contributed by atoms with Crippen molar-refractivity contribution in [1.29, 1.82) is 0 Å². The molecule has 0 radical (unpaired) electrons. The zero-order valence-electron chi connectivity index (χ0n) is 10.8. The van der Waals surface area contributed by atoms with Crippen LogP contribution in [0.3, 0.4) is 0 Å². The maximum atomic E-state index is 11.1. The molecule has 4 N–H and O–H groups in total. The largest absolute Gasteiger partial charge is 0.480 e. The van der Waals surface area contributed by atoms with Gasteiger partial charge in [0, 0.05) is 17.8 Å². The first kappa shape index (κ1) is 15.6. The Labute approximate surface area is 130 Å². The second-order valence-electron chi connectivity index (χ2n) is 4.53. The van der Waals surface area contributed by atoms with E-state index in [0.29, 0.717) is 26.7 Å². The predicted octanol–water partition coefficient (Wildman–Crippen LogP) is 2.30. The third-order valence-corrected chi connectivity index (χ3v) is 3.76. The van der Waals surface area contributed by atoms with E-state index >= 15 is 0 Å². The number of pyridine rings is 1. The van der Waals surface area contributed by atoms with Crippen molar-refractivity contribution in [3.05, 3.63) is 56.4 Å². The van der Waals surface area contributed by atoms with E-state index in [2.05, 4.69) is 4.98 Å². The number of carboxylic acids is 1. The number of rotatable bonds is 4. The molecule has 1 atom stereocenters. The Kier molecular flexibility index (Phi) is 4.67. The molecular weight excluding hydrogens is 315 g/mol. The van der Waals surface area contributed by atoms with Gasteiger partial charge in [-0.15, -0.1) is 0 Å². The lowest BCUT2D eigenvalue weighted by molar-refractivity contribution is -0.138. The topological polar surface area (TPSA) is 96.2 Å². The number of halogens is 2. The minimum Gasteiger partial charge on any atom is -0.480 e. The summed E-state index contributed by atoms with van der Waals surface area (Å²) >= 11 is 12.2. The SMILES string of the molecule is NC(Cc1cc(Cl)c(Cl)c(-c2ccc(=O)[nH]c2)c1)C(=O)O. The molecule has 1 aromatic heterocycles. The number of hydrogen-bond donors (Lipinski definition) is 3. The molecule has 5 nitrogen and oxygen atoms in total. The molecule has 0 bridgehead atoms. The number of aliphatic carboxylic acids is 1. The molecule has 2 aromatic rings. The molecule has 1 unspecified atom stereocenters. The fraction of sp³-hybridized carbons (Fsp3) is 0.143. The van der Waals surface area contributed by atoms with Gasteiger partial charge in [0.15, 0.2) is 0 Å². The highest BCUT2D eigenvalue weighted by Gasteiger charge is 2.15. The van der Waals surface area contributed by atoms with Crippen LogP contribution in [-0.2, 0) is 11.2 Å². The first-order chi connectivity index (χ1) is 9.88. The van der Waals surface area contributed by atoms with E-state index in [1.165, 1.54) is 12.3 Å². The Morgan fingerprint density at radius 3 is 2.62 bits per heavy atom. The number of hydrogen-bond acceptors (Lipinski definition) is 3. The van der Waals surface area contributed by atoms with Crippen molar-refractivity contribution in [2.24, 2.45) is 5.73 Å². The van der Waals surface area contributed by atoms with Crippen LogP contribution in [0.4, 0.5) is 0 Å². The fourth-order valence-corrected chi connectivity index (χ4v) is 2.35. The van der Waals surface area contributed by atoms with Gasteiger partial charge >= 0.3 is 5.97 Å². The summed E-state index contributed by atoms with van der Waals surface area (Å²) in [6, 6.07) is 5.25. The molecule has 0 aliphatic heterocycles. The highest BCUT2D eigenvalue weighted by molar-refractivity contribution is 6.43. The van der Waals surface area contributed by atoms with Crippen molar-refractivity contribution < 1.29 is 9.90 Å². The zero-order chi connectivity index (χ0) is 15.6. The molecule has 21 heavy (non-hydrogen) atoms. The molecular formula is C14H12Cl2N2O3. The van der Waals surface area contributed by atoms with E-state index in [4.69, 9.17) is 34.0 Å². The first-order valence-corrected chi connectivity index (χ1v) is 6.79. The average molecular weight is 327 g/mol. The van der Waals surface area contributed by atoms with Gasteiger partial charge in [-0.3, -0.25) is 9.59 Å². The summed E-state index contributed by atoms with van der Waals surface area (Å²) < 4.78 is 0. The minimum atomic E-state index is -1.09. The van der Waals surface area contributed by atoms with Crippen LogP contribution in [0.2, 0.25) is 10.0 Å². The maximum absolute atomic E-state index is 11.1. The van der Waals surface area contributed by atoms with Gasteiger partial charge in [-0.1, -0.05) is 23.2 Å². The molecule has 1 heterocycles. The second kappa shape index (κ2) is 6.30. The molecule has 110 valence electrons. The third kappa shape index (κ3) is 3.64. The van der Waals surface area contributed by atoms with E-state index < -0.39 is 12.0 Å². The highest BCUT2D eigenvalue weighted by Crippen LogP contribution is 2.34. The molecule has 2 rings (SSSR count). The summed E-state index contributed by atoms with van der Waals surface area (Å²) in [6.07, 6.45) is 1.64. The van der Waals surface area contributed by atoms with Gasteiger partial charge in [0.05, 0.1) is 10.0 Å². The Morgan fingerprint density at radius 1 is 1.33 bits per heavy atom. The van der Waals surface area contributed by atoms with Gasteiger partial charge in [0.2, 0.25) is 5.56 Å². The molecule has 0 spiro atoms. The smallest absolute Gasteiger partial charge is 0.320 e. The summed E-state index contributed by atoms with van der Waals surface area (Å²) in [6.45, 7) is 0. The minimum absolute atomic E-state index is 0.128. The summed E-state index contributed by atoms with van der Waals surface area (Å²) in [5.74, 6) is -1.09. The number of aromatic amines is 1. The van der Waals surface area contributed by atoms with Crippen LogP contribution in [0, 0.1) is 0 Å². The Bertz CT molecular complexity index is 723. The van der Waals surface area contributed by atoms with E-state index in [1.807, 2.05) is 0 Å². The molecule has 0 fully saturated rings. The number of benzene rings is 1. The van der Waals surface area contributed by atoms with Crippen LogP contribution < -0.4 is 11.3 Å². The molecule has 0 aliphatic carbocycles. The van der Waals surface area contributed by atoms with Crippen LogP contribution in [0.1, 0.15) is 5.56 Å². The van der Waals surface area contributed by atoms with Crippen molar-refractivity contribution in [1.82, 2.24) is 4.98 Å². The molecule has 0 amide bonds. The molecule has 0 saturated carbocycles. The van der Waals surface area contributed by atoms with Crippen molar-refractivity contribution in [3.63, 3.8) is 0 Å². The Balaban J connectivity index is 2.46. The maximum Gasteiger partial charge on any atom is 0.320 e. The highest BCUT2D eigenvalue weighted by atomic mass is 35.5. The average Bonchev–Trinajstić information content (AvgIpc) is 2.43. The normalized spacial score (nSPS) is 12.1. The van der Waals surface area contributed by atoms with Crippen LogP contribution >= 0.6 is 23.2 Å². The lowest BCUT2D eigenvalue weighted by Crippen LogP contribution is -2.32. The molecule has 1 aromatic carbocycles. The van der Waals surface area contributed by atoms with Gasteiger partial charge < -0.3 is 15.8 Å². The number of carboxylic acid groups (broad SMARTS) is 1. The van der Waals surface area contributed by atoms with Crippen LogP contribution in [0.15, 0.2) is 35.3 Å². The molecule has 0 saturated heterocycles. The summed E-state index contributed by atoms with van der Waals surface area (Å²) in [5, 5.41) is 9.49. The number of aromatic nitrogens is 1. The summed E-state index contributed by atoms with van der Waals surface area (Å²) in [5.41, 5.74) is 7.22. The van der Waals surface area contributed by atoms with Crippen molar-refractivity contribution in [3.8, 4) is 11.1 Å². The third-order valence-electron chi connectivity index (χ3n) is 2.96. The van der Waals surface area contributed by atoms with Gasteiger partial charge in [-0.25, -0.2) is 0 Å². The molecule has 7 heteroatoms. The van der Waals surface area contributed by atoms with Gasteiger partial charge in [-0.05, 0) is 35.7 Å². The van der Waals surface area contributed by atoms with Gasteiger partial charge in [0.1, 0.15) is 6.04 Å². The van der Waals surface area contributed by atoms with Gasteiger partial charge in [-0.2, -0.15) is 0 Å². The number of nitrogens with two attached hydrogens (primary N) is 1. The van der Waals surface area contributed by atoms with E-state index in [-0.39, 0.29) is 12.0 Å². The fourth-order valence-electron chi connectivity index (χ4n) is 1.89. The zero-order valence-corrected chi connectivity index (χ0v) is 12.3. The number of carbonyl (C=O) groups is 1. The summed E-state index contributed by atoms with van der Waals surface area (Å²) in [4.78, 5) is 24.5. The summed E-state index contributed by atoms with van der Waals surface area (Å²) in [7, 11) is 0. The van der Waals surface area contributed by atoms with Crippen molar-refractivity contribution >= 4 is 29.2 Å². The van der Waals surface area contributed by atoms with Crippen molar-refractivity contribution in [2.75, 3.05) is 0 Å². The monoisotopic (exact) mass is 326 g/mol.